The van der Waals surface area contributed by atoms with E-state index in [9.17, 15) is 0 Å². The Morgan fingerprint density at radius 3 is 2.81 bits per heavy atom. The van der Waals surface area contributed by atoms with Gasteiger partial charge in [-0.3, -0.25) is 4.68 Å². The van der Waals surface area contributed by atoms with E-state index in [1.807, 2.05) is 6.92 Å². The van der Waals surface area contributed by atoms with Gasteiger partial charge >= 0.3 is 0 Å². The summed E-state index contributed by atoms with van der Waals surface area (Å²) in [5.74, 6) is 0. The highest BCUT2D eigenvalue weighted by atomic mass is 127. The molecule has 0 saturated heterocycles. The molecule has 0 aliphatic carbocycles. The van der Waals surface area contributed by atoms with Crippen molar-refractivity contribution in [2.75, 3.05) is 11.0 Å². The third kappa shape index (κ3) is 4.00. The predicted molar refractivity (Wildman–Crippen MR) is 80.2 cm³/mol. The van der Waals surface area contributed by atoms with Crippen molar-refractivity contribution < 1.29 is 0 Å². The Bertz CT molecular complexity index is 325. The van der Waals surface area contributed by atoms with E-state index in [0.717, 1.165) is 29.8 Å². The fourth-order valence-corrected chi connectivity index (χ4v) is 2.55. The van der Waals surface area contributed by atoms with Crippen LogP contribution >= 0.6 is 38.5 Å². The molecule has 0 fully saturated rings. The largest absolute Gasteiger partial charge is 0.311 e. The first kappa shape index (κ1) is 14.4. The summed E-state index contributed by atoms with van der Waals surface area (Å²) in [5.41, 5.74) is 2.33. The van der Waals surface area contributed by atoms with Gasteiger partial charge in [0.2, 0.25) is 0 Å². The van der Waals surface area contributed by atoms with E-state index in [1.54, 1.807) is 0 Å². The van der Waals surface area contributed by atoms with E-state index in [2.05, 4.69) is 60.5 Å². The van der Waals surface area contributed by atoms with Crippen LogP contribution in [0.4, 0.5) is 0 Å². The molecular weight excluding hydrogens is 381 g/mol. The summed E-state index contributed by atoms with van der Waals surface area (Å²) in [7, 11) is 0. The van der Waals surface area contributed by atoms with Crippen LogP contribution in [0, 0.1) is 6.92 Å². The molecule has 1 aromatic heterocycles. The monoisotopic (exact) mass is 399 g/mol. The zero-order chi connectivity index (χ0) is 12.0. The van der Waals surface area contributed by atoms with Crippen LogP contribution < -0.4 is 5.32 Å². The van der Waals surface area contributed by atoms with Crippen LogP contribution in [0.25, 0.3) is 0 Å². The Morgan fingerprint density at radius 2 is 2.19 bits per heavy atom. The molecule has 0 spiro atoms. The molecule has 1 N–H and O–H groups in total. The van der Waals surface area contributed by atoms with Crippen molar-refractivity contribution in [3.05, 3.63) is 15.9 Å². The molecule has 16 heavy (non-hydrogen) atoms. The molecule has 0 amide bonds. The summed E-state index contributed by atoms with van der Waals surface area (Å²) in [6.45, 7) is 7.07. The van der Waals surface area contributed by atoms with Crippen LogP contribution in [0.15, 0.2) is 4.47 Å². The minimum Gasteiger partial charge on any atom is -0.311 e. The SMILES string of the molecule is CCn1nc(C)c(Br)c1CNCCCCI. The lowest BCUT2D eigenvalue weighted by Crippen LogP contribution is -2.18. The summed E-state index contributed by atoms with van der Waals surface area (Å²) < 4.78 is 4.45. The first-order valence-electron chi connectivity index (χ1n) is 5.69. The van der Waals surface area contributed by atoms with Crippen molar-refractivity contribution >= 4 is 38.5 Å². The third-order valence-corrected chi connectivity index (χ3v) is 4.28. The predicted octanol–water partition coefficient (Wildman–Crippen LogP) is 3.28. The molecule has 0 unspecified atom stereocenters. The second-order valence-electron chi connectivity index (χ2n) is 3.73. The zero-order valence-electron chi connectivity index (χ0n) is 9.89. The number of nitrogens with zero attached hydrogens (tertiary/aromatic N) is 2. The standard InChI is InChI=1S/C11H19BrIN3/c1-3-16-10(11(12)9(2)15-16)8-14-7-5-4-6-13/h14H,3-8H2,1-2H3. The van der Waals surface area contributed by atoms with Crippen LogP contribution in [0.5, 0.6) is 0 Å². The number of nitrogens with one attached hydrogen (secondary N) is 1. The smallest absolute Gasteiger partial charge is 0.0739 e. The van der Waals surface area contributed by atoms with Crippen molar-refractivity contribution in [3.8, 4) is 0 Å². The number of halogens is 2. The maximum absolute atomic E-state index is 4.47. The summed E-state index contributed by atoms with van der Waals surface area (Å²) >= 11 is 6.02. The quantitative estimate of drug-likeness (QED) is 0.433. The Balaban J connectivity index is 2.46. The molecule has 0 aliphatic heterocycles. The van der Waals surface area contributed by atoms with E-state index < -0.39 is 0 Å². The molecule has 92 valence electrons. The summed E-state index contributed by atoms with van der Waals surface area (Å²) in [5, 5.41) is 7.94. The average Bonchev–Trinajstić information content (AvgIpc) is 2.56. The molecule has 1 aromatic rings. The van der Waals surface area contributed by atoms with Gasteiger partial charge in [0, 0.05) is 13.1 Å². The molecule has 5 heteroatoms. The molecule has 1 rings (SSSR count). The van der Waals surface area contributed by atoms with Crippen molar-refractivity contribution in [2.24, 2.45) is 0 Å². The lowest BCUT2D eigenvalue weighted by molar-refractivity contribution is 0.569. The second kappa shape index (κ2) is 7.66. The molecular formula is C11H19BrIN3. The number of aromatic nitrogens is 2. The molecule has 0 aromatic carbocycles. The van der Waals surface area contributed by atoms with E-state index >= 15 is 0 Å². The van der Waals surface area contributed by atoms with Crippen molar-refractivity contribution in [2.45, 2.75) is 39.8 Å². The fourth-order valence-electron chi connectivity index (χ4n) is 1.59. The van der Waals surface area contributed by atoms with Crippen LogP contribution in [-0.2, 0) is 13.1 Å². The van der Waals surface area contributed by atoms with Gasteiger partial charge in [-0.25, -0.2) is 0 Å². The maximum atomic E-state index is 4.47. The molecule has 1 heterocycles. The first-order valence-corrected chi connectivity index (χ1v) is 8.01. The maximum Gasteiger partial charge on any atom is 0.0739 e. The number of hydrogen-bond donors (Lipinski definition) is 1. The molecule has 0 saturated carbocycles. The highest BCUT2D eigenvalue weighted by Crippen LogP contribution is 2.20. The van der Waals surface area contributed by atoms with E-state index in [0.29, 0.717) is 0 Å². The Kier molecular flexibility index (Phi) is 6.91. The minimum absolute atomic E-state index is 0.899. The zero-order valence-corrected chi connectivity index (χ0v) is 13.6. The fraction of sp³-hybridized carbons (Fsp3) is 0.727. The van der Waals surface area contributed by atoms with Crippen LogP contribution in [0.2, 0.25) is 0 Å². The number of aryl methyl sites for hydroxylation is 2. The Hall–Kier alpha value is 0.380. The molecule has 0 radical (unpaired) electrons. The van der Waals surface area contributed by atoms with Crippen LogP contribution in [-0.4, -0.2) is 20.8 Å². The van der Waals surface area contributed by atoms with E-state index in [1.165, 1.54) is 23.0 Å². The molecule has 3 nitrogen and oxygen atoms in total. The number of rotatable bonds is 7. The first-order chi connectivity index (χ1) is 7.70. The second-order valence-corrected chi connectivity index (χ2v) is 5.61. The van der Waals surface area contributed by atoms with Gasteiger partial charge in [-0.1, -0.05) is 22.6 Å². The van der Waals surface area contributed by atoms with Crippen molar-refractivity contribution in [3.63, 3.8) is 0 Å². The number of hydrogen-bond acceptors (Lipinski definition) is 2. The summed E-state index contributed by atoms with van der Waals surface area (Å²) in [6.07, 6.45) is 2.54. The average molecular weight is 400 g/mol. The van der Waals surface area contributed by atoms with Crippen molar-refractivity contribution in [1.29, 1.82) is 0 Å². The lowest BCUT2D eigenvalue weighted by Gasteiger charge is -2.07. The van der Waals surface area contributed by atoms with Gasteiger partial charge in [-0.15, -0.1) is 0 Å². The normalized spacial score (nSPS) is 11.0. The minimum atomic E-state index is 0.899. The van der Waals surface area contributed by atoms with Gasteiger partial charge in [0.15, 0.2) is 0 Å². The highest BCUT2D eigenvalue weighted by molar-refractivity contribution is 14.1. The van der Waals surface area contributed by atoms with Crippen LogP contribution in [0.3, 0.4) is 0 Å². The Labute approximate surface area is 120 Å². The Morgan fingerprint density at radius 1 is 1.44 bits per heavy atom. The molecule has 0 bridgehead atoms. The van der Waals surface area contributed by atoms with Gasteiger partial charge in [-0.2, -0.15) is 5.10 Å². The van der Waals surface area contributed by atoms with Gasteiger partial charge in [0.05, 0.1) is 15.9 Å². The summed E-state index contributed by atoms with van der Waals surface area (Å²) in [6, 6.07) is 0. The lowest BCUT2D eigenvalue weighted by atomic mass is 10.3. The van der Waals surface area contributed by atoms with Gasteiger partial charge in [0.25, 0.3) is 0 Å². The van der Waals surface area contributed by atoms with Gasteiger partial charge in [0.1, 0.15) is 0 Å². The molecule has 0 aliphatic rings. The van der Waals surface area contributed by atoms with E-state index in [-0.39, 0.29) is 0 Å². The van der Waals surface area contributed by atoms with Crippen LogP contribution in [0.1, 0.15) is 31.2 Å². The van der Waals surface area contributed by atoms with Crippen molar-refractivity contribution in [1.82, 2.24) is 15.1 Å². The van der Waals surface area contributed by atoms with E-state index in [4.69, 9.17) is 0 Å². The number of alkyl halides is 1. The van der Waals surface area contributed by atoms with Gasteiger partial charge in [-0.05, 0) is 53.6 Å². The summed E-state index contributed by atoms with van der Waals surface area (Å²) in [4.78, 5) is 0. The highest BCUT2D eigenvalue weighted by Gasteiger charge is 2.10. The number of unbranched alkanes of at least 4 members (excludes halogenated alkanes) is 1. The molecule has 0 atom stereocenters. The van der Waals surface area contributed by atoms with Gasteiger partial charge < -0.3 is 5.32 Å². The topological polar surface area (TPSA) is 29.9 Å². The third-order valence-electron chi connectivity index (χ3n) is 2.48.